The molecule has 1 aromatic carbocycles. The molecule has 1 aromatic rings. The highest BCUT2D eigenvalue weighted by Crippen LogP contribution is 2.24. The molecule has 0 aliphatic carbocycles. The van der Waals surface area contributed by atoms with Gasteiger partial charge in [0.25, 0.3) is 0 Å². The number of carbonyl (C=O) groups excluding carboxylic acids is 1. The van der Waals surface area contributed by atoms with Gasteiger partial charge in [0, 0.05) is 14.9 Å². The number of hydrogen-bond donors (Lipinski definition) is 2. The molecule has 0 spiro atoms. The third-order valence-corrected chi connectivity index (χ3v) is 4.08. The second-order valence-corrected chi connectivity index (χ2v) is 7.61. The molecule has 0 saturated heterocycles. The van der Waals surface area contributed by atoms with E-state index in [2.05, 4.69) is 21.2 Å². The minimum Gasteiger partial charge on any atom is -0.478 e. The van der Waals surface area contributed by atoms with Crippen LogP contribution >= 0.6 is 27.7 Å². The highest BCUT2D eigenvalue weighted by Gasteiger charge is 2.14. The van der Waals surface area contributed by atoms with Gasteiger partial charge in [0.05, 0.1) is 11.3 Å². The Morgan fingerprint density at radius 1 is 1.37 bits per heavy atom. The van der Waals surface area contributed by atoms with Gasteiger partial charge in [-0.15, -0.1) is 11.8 Å². The lowest BCUT2D eigenvalue weighted by Gasteiger charge is -2.17. The number of carboxylic acids is 1. The van der Waals surface area contributed by atoms with Crippen LogP contribution in [0.15, 0.2) is 22.7 Å². The maximum Gasteiger partial charge on any atom is 0.336 e. The molecule has 0 saturated carbocycles. The van der Waals surface area contributed by atoms with Gasteiger partial charge >= 0.3 is 5.97 Å². The molecular formula is C13H16BrNO3S. The number of rotatable bonds is 4. The Bertz CT molecular complexity index is 497. The van der Waals surface area contributed by atoms with E-state index in [0.717, 1.165) is 0 Å². The van der Waals surface area contributed by atoms with E-state index in [1.807, 2.05) is 20.8 Å². The van der Waals surface area contributed by atoms with Crippen LogP contribution in [0.4, 0.5) is 5.69 Å². The van der Waals surface area contributed by atoms with Crippen molar-refractivity contribution in [1.29, 1.82) is 0 Å². The fourth-order valence-electron chi connectivity index (χ4n) is 1.25. The molecule has 2 N–H and O–H groups in total. The summed E-state index contributed by atoms with van der Waals surface area (Å²) in [4.78, 5) is 22.7. The number of hydrogen-bond acceptors (Lipinski definition) is 3. The molecule has 104 valence electrons. The Balaban J connectivity index is 2.70. The van der Waals surface area contributed by atoms with E-state index in [4.69, 9.17) is 5.11 Å². The van der Waals surface area contributed by atoms with Gasteiger partial charge in [0.2, 0.25) is 5.91 Å². The molecule has 0 atom stereocenters. The quantitative estimate of drug-likeness (QED) is 0.874. The fraction of sp³-hybridized carbons (Fsp3) is 0.385. The molecule has 1 amide bonds. The highest BCUT2D eigenvalue weighted by molar-refractivity contribution is 9.10. The number of benzene rings is 1. The lowest BCUT2D eigenvalue weighted by Crippen LogP contribution is -2.19. The number of amides is 1. The minimum absolute atomic E-state index is 0.0171. The van der Waals surface area contributed by atoms with Crippen molar-refractivity contribution >= 4 is 45.3 Å². The maximum atomic E-state index is 11.7. The summed E-state index contributed by atoms with van der Waals surface area (Å²) < 4.78 is 0.505. The predicted molar refractivity (Wildman–Crippen MR) is 81.9 cm³/mol. The summed E-state index contributed by atoms with van der Waals surface area (Å²) in [6, 6.07) is 4.71. The van der Waals surface area contributed by atoms with Crippen LogP contribution in [-0.4, -0.2) is 27.5 Å². The first kappa shape index (κ1) is 16.0. The molecule has 0 bridgehead atoms. The Morgan fingerprint density at radius 2 is 2.00 bits per heavy atom. The van der Waals surface area contributed by atoms with Crippen molar-refractivity contribution in [1.82, 2.24) is 0 Å². The van der Waals surface area contributed by atoms with Crippen molar-refractivity contribution in [3.63, 3.8) is 0 Å². The lowest BCUT2D eigenvalue weighted by atomic mass is 10.2. The van der Waals surface area contributed by atoms with Gasteiger partial charge in [-0.1, -0.05) is 20.8 Å². The zero-order valence-electron chi connectivity index (χ0n) is 11.0. The van der Waals surface area contributed by atoms with E-state index in [-0.39, 0.29) is 16.2 Å². The van der Waals surface area contributed by atoms with Crippen LogP contribution in [-0.2, 0) is 4.79 Å². The first-order chi connectivity index (χ1) is 8.69. The largest absolute Gasteiger partial charge is 0.478 e. The standard InChI is InChI=1S/C13H16BrNO3S/c1-13(2,3)19-7-11(16)15-8-4-5-10(14)9(6-8)12(17)18/h4-6H,7H2,1-3H3,(H,15,16)(H,17,18). The summed E-state index contributed by atoms with van der Waals surface area (Å²) in [5.74, 6) is -0.840. The second kappa shape index (κ2) is 6.43. The number of carbonyl (C=O) groups is 2. The molecule has 0 radical (unpaired) electrons. The van der Waals surface area contributed by atoms with Crippen molar-refractivity contribution in [2.45, 2.75) is 25.5 Å². The molecular weight excluding hydrogens is 330 g/mol. The normalized spacial score (nSPS) is 11.2. The van der Waals surface area contributed by atoms with Gasteiger partial charge in [-0.3, -0.25) is 4.79 Å². The van der Waals surface area contributed by atoms with Gasteiger partial charge < -0.3 is 10.4 Å². The van der Waals surface area contributed by atoms with Crippen LogP contribution in [0.1, 0.15) is 31.1 Å². The van der Waals surface area contributed by atoms with Crippen LogP contribution in [0.5, 0.6) is 0 Å². The first-order valence-corrected chi connectivity index (χ1v) is 7.43. The Morgan fingerprint density at radius 3 is 2.53 bits per heavy atom. The second-order valence-electron chi connectivity index (χ2n) is 4.95. The molecule has 0 fully saturated rings. The molecule has 0 heterocycles. The number of nitrogens with one attached hydrogen (secondary N) is 1. The van der Waals surface area contributed by atoms with E-state index >= 15 is 0 Å². The smallest absolute Gasteiger partial charge is 0.336 e. The van der Waals surface area contributed by atoms with E-state index in [1.54, 1.807) is 12.1 Å². The zero-order valence-corrected chi connectivity index (χ0v) is 13.4. The zero-order chi connectivity index (χ0) is 14.6. The summed E-state index contributed by atoms with van der Waals surface area (Å²) in [5.41, 5.74) is 0.612. The van der Waals surface area contributed by atoms with Crippen LogP contribution < -0.4 is 5.32 Å². The number of thioether (sulfide) groups is 1. The lowest BCUT2D eigenvalue weighted by molar-refractivity contribution is -0.113. The van der Waals surface area contributed by atoms with Crippen molar-refractivity contribution in [3.05, 3.63) is 28.2 Å². The predicted octanol–water partition coefficient (Wildman–Crippen LogP) is 3.62. The Labute approximate surface area is 125 Å². The number of carboxylic acid groups (broad SMARTS) is 1. The molecule has 4 nitrogen and oxygen atoms in total. The monoisotopic (exact) mass is 345 g/mol. The fourth-order valence-corrected chi connectivity index (χ4v) is 2.30. The molecule has 0 aliphatic rings. The third-order valence-electron chi connectivity index (χ3n) is 2.12. The van der Waals surface area contributed by atoms with Gasteiger partial charge in [-0.25, -0.2) is 4.79 Å². The van der Waals surface area contributed by atoms with E-state index < -0.39 is 5.97 Å². The number of aromatic carboxylic acids is 1. The van der Waals surface area contributed by atoms with Gasteiger partial charge in [-0.2, -0.15) is 0 Å². The average Bonchev–Trinajstić information content (AvgIpc) is 2.28. The van der Waals surface area contributed by atoms with Crippen LogP contribution in [0.25, 0.3) is 0 Å². The van der Waals surface area contributed by atoms with Gasteiger partial charge in [-0.05, 0) is 34.1 Å². The van der Waals surface area contributed by atoms with Gasteiger partial charge in [0.15, 0.2) is 0 Å². The molecule has 0 aromatic heterocycles. The first-order valence-electron chi connectivity index (χ1n) is 5.66. The summed E-state index contributed by atoms with van der Waals surface area (Å²) in [6.07, 6.45) is 0. The van der Waals surface area contributed by atoms with Crippen LogP contribution in [0.3, 0.4) is 0 Å². The topological polar surface area (TPSA) is 66.4 Å². The minimum atomic E-state index is -1.04. The number of halogens is 1. The number of anilines is 1. The molecule has 0 unspecified atom stereocenters. The maximum absolute atomic E-state index is 11.7. The van der Waals surface area contributed by atoms with Crippen molar-refractivity contribution < 1.29 is 14.7 Å². The third kappa shape index (κ3) is 5.65. The van der Waals surface area contributed by atoms with Crippen molar-refractivity contribution in [2.75, 3.05) is 11.1 Å². The van der Waals surface area contributed by atoms with E-state index in [0.29, 0.717) is 15.9 Å². The summed E-state index contributed by atoms with van der Waals surface area (Å²) in [5, 5.41) is 11.7. The summed E-state index contributed by atoms with van der Waals surface area (Å²) in [6.45, 7) is 6.10. The van der Waals surface area contributed by atoms with E-state index in [9.17, 15) is 9.59 Å². The summed E-state index contributed by atoms with van der Waals surface area (Å²) >= 11 is 4.69. The van der Waals surface area contributed by atoms with Crippen LogP contribution in [0, 0.1) is 0 Å². The molecule has 0 aliphatic heterocycles. The van der Waals surface area contributed by atoms with Crippen LogP contribution in [0.2, 0.25) is 0 Å². The summed E-state index contributed by atoms with van der Waals surface area (Å²) in [7, 11) is 0. The molecule has 1 rings (SSSR count). The average molecular weight is 346 g/mol. The Hall–Kier alpha value is -1.01. The molecule has 6 heteroatoms. The molecule has 19 heavy (non-hydrogen) atoms. The van der Waals surface area contributed by atoms with Gasteiger partial charge in [0.1, 0.15) is 0 Å². The SMILES string of the molecule is CC(C)(C)SCC(=O)Nc1ccc(Br)c(C(=O)O)c1. The Kier molecular flexibility index (Phi) is 5.43. The highest BCUT2D eigenvalue weighted by atomic mass is 79.9. The van der Waals surface area contributed by atoms with Crippen molar-refractivity contribution in [2.24, 2.45) is 0 Å². The van der Waals surface area contributed by atoms with Crippen molar-refractivity contribution in [3.8, 4) is 0 Å². The van der Waals surface area contributed by atoms with E-state index in [1.165, 1.54) is 17.8 Å².